The normalized spacial score (nSPS) is 17.3. The first-order valence-corrected chi connectivity index (χ1v) is 4.45. The van der Waals surface area contributed by atoms with E-state index < -0.39 is 17.4 Å². The molecule has 1 rings (SSSR count). The molecule has 0 heterocycles. The predicted octanol–water partition coefficient (Wildman–Crippen LogP) is -0.226. The van der Waals surface area contributed by atoms with Crippen molar-refractivity contribution in [3.8, 4) is 0 Å². The Hall–Kier alpha value is -1.23. The lowest BCUT2D eigenvalue weighted by atomic mass is 10.1. The Balaban J connectivity index is 2.41. The van der Waals surface area contributed by atoms with Gasteiger partial charge in [-0.25, -0.2) is 0 Å². The third-order valence-electron chi connectivity index (χ3n) is 2.28. The number of rotatable bonds is 4. The van der Waals surface area contributed by atoms with Crippen molar-refractivity contribution in [1.82, 2.24) is 0 Å². The van der Waals surface area contributed by atoms with Gasteiger partial charge in [-0.2, -0.15) is 0 Å². The molecule has 0 unspecified atom stereocenters. The molecule has 1 aliphatic carbocycles. The summed E-state index contributed by atoms with van der Waals surface area (Å²) >= 11 is 0. The molecule has 1 fully saturated rings. The van der Waals surface area contributed by atoms with E-state index in [4.69, 9.17) is 5.73 Å². The summed E-state index contributed by atoms with van der Waals surface area (Å²) in [6, 6.07) is 0. The number of nitrogens with two attached hydrogens (primary N) is 1. The van der Waals surface area contributed by atoms with Gasteiger partial charge in [-0.3, -0.25) is 14.4 Å². The number of esters is 2. The Labute approximate surface area is 81.6 Å². The minimum absolute atomic E-state index is 0.194. The average molecular weight is 199 g/mol. The van der Waals surface area contributed by atoms with Crippen LogP contribution >= 0.6 is 0 Å². The topological polar surface area (TPSA) is 86.5 Å². The maximum Gasteiger partial charge on any atom is 0.321 e. The van der Waals surface area contributed by atoms with Gasteiger partial charge in [0.15, 0.2) is 0 Å². The summed E-state index contributed by atoms with van der Waals surface area (Å²) in [5.74, 6) is -1.70. The predicted molar refractivity (Wildman–Crippen MR) is 47.1 cm³/mol. The maximum absolute atomic E-state index is 11.3. The molecular weight excluding hydrogens is 186 g/mol. The molecule has 1 saturated carbocycles. The zero-order chi connectivity index (χ0) is 10.8. The lowest BCUT2D eigenvalue weighted by Gasteiger charge is -2.09. The minimum Gasteiger partial charge on any atom is -0.392 e. The van der Waals surface area contributed by atoms with Crippen molar-refractivity contribution in [1.29, 1.82) is 0 Å². The molecule has 5 nitrogen and oxygen atoms in total. The molecule has 5 heteroatoms. The first-order chi connectivity index (χ1) is 6.50. The Morgan fingerprint density at radius 1 is 1.36 bits per heavy atom. The summed E-state index contributed by atoms with van der Waals surface area (Å²) < 4.78 is 4.50. The zero-order valence-corrected chi connectivity index (χ0v) is 8.04. The van der Waals surface area contributed by atoms with Gasteiger partial charge < -0.3 is 10.5 Å². The zero-order valence-electron chi connectivity index (χ0n) is 8.04. The molecule has 0 spiro atoms. The number of carbonyl (C=O) groups excluding carboxylic acids is 3. The third kappa shape index (κ3) is 2.38. The second-order valence-corrected chi connectivity index (χ2v) is 3.62. The second-order valence-electron chi connectivity index (χ2n) is 3.62. The highest BCUT2D eigenvalue weighted by Crippen LogP contribution is 2.45. The minimum atomic E-state index is -0.790. The summed E-state index contributed by atoms with van der Waals surface area (Å²) in [6.45, 7) is 1.46. The van der Waals surface area contributed by atoms with Crippen molar-refractivity contribution in [3.05, 3.63) is 0 Å². The van der Waals surface area contributed by atoms with E-state index in [0.717, 1.165) is 0 Å². The standard InChI is InChI=1S/C9H13NO4/c1-6(11)4-7(12)14-8(13)9(5-10)2-3-9/h2-5,10H2,1H3. The molecule has 78 valence electrons. The van der Waals surface area contributed by atoms with E-state index in [0.29, 0.717) is 12.8 Å². The van der Waals surface area contributed by atoms with Crippen LogP contribution in [-0.4, -0.2) is 24.3 Å². The molecule has 0 radical (unpaired) electrons. The summed E-state index contributed by atoms with van der Waals surface area (Å²) in [5, 5.41) is 0. The fraction of sp³-hybridized carbons (Fsp3) is 0.667. The van der Waals surface area contributed by atoms with Crippen LogP contribution in [0.3, 0.4) is 0 Å². The molecular formula is C9H13NO4. The Morgan fingerprint density at radius 3 is 2.29 bits per heavy atom. The van der Waals surface area contributed by atoms with Crippen LogP contribution in [0.4, 0.5) is 0 Å². The van der Waals surface area contributed by atoms with Gasteiger partial charge in [0.2, 0.25) is 0 Å². The van der Waals surface area contributed by atoms with Gasteiger partial charge in [-0.1, -0.05) is 0 Å². The molecule has 2 N–H and O–H groups in total. The van der Waals surface area contributed by atoms with Crippen LogP contribution in [0.15, 0.2) is 0 Å². The fourth-order valence-electron chi connectivity index (χ4n) is 1.09. The van der Waals surface area contributed by atoms with Gasteiger partial charge in [0.1, 0.15) is 12.2 Å². The van der Waals surface area contributed by atoms with Crippen LogP contribution in [0.2, 0.25) is 0 Å². The molecule has 1 aliphatic rings. The summed E-state index contributed by atoms with van der Waals surface area (Å²) in [7, 11) is 0. The molecule has 14 heavy (non-hydrogen) atoms. The van der Waals surface area contributed by atoms with Gasteiger partial charge in [0.25, 0.3) is 0 Å². The van der Waals surface area contributed by atoms with Crippen molar-refractivity contribution < 1.29 is 19.1 Å². The van der Waals surface area contributed by atoms with Gasteiger partial charge in [0.05, 0.1) is 5.41 Å². The van der Waals surface area contributed by atoms with Crippen molar-refractivity contribution in [2.75, 3.05) is 6.54 Å². The highest BCUT2D eigenvalue weighted by molar-refractivity contribution is 5.99. The van der Waals surface area contributed by atoms with E-state index in [1.54, 1.807) is 0 Å². The molecule has 0 aromatic carbocycles. The molecule has 0 atom stereocenters. The number of ketones is 1. The van der Waals surface area contributed by atoms with Crippen LogP contribution in [-0.2, 0) is 19.1 Å². The van der Waals surface area contributed by atoms with Crippen LogP contribution in [0, 0.1) is 5.41 Å². The maximum atomic E-state index is 11.3. The largest absolute Gasteiger partial charge is 0.392 e. The van der Waals surface area contributed by atoms with E-state index in [9.17, 15) is 14.4 Å². The number of Topliss-reactive ketones (excluding diaryl/α,β-unsaturated/α-hetero) is 1. The van der Waals surface area contributed by atoms with Crippen molar-refractivity contribution in [2.24, 2.45) is 11.1 Å². The number of hydrogen-bond donors (Lipinski definition) is 1. The van der Waals surface area contributed by atoms with Gasteiger partial charge in [-0.15, -0.1) is 0 Å². The lowest BCUT2D eigenvalue weighted by Crippen LogP contribution is -2.29. The van der Waals surface area contributed by atoms with Crippen LogP contribution in [0.1, 0.15) is 26.2 Å². The third-order valence-corrected chi connectivity index (χ3v) is 2.28. The smallest absolute Gasteiger partial charge is 0.321 e. The second kappa shape index (κ2) is 3.88. The number of ether oxygens (including phenoxy) is 1. The molecule has 0 amide bonds. The first-order valence-electron chi connectivity index (χ1n) is 4.45. The molecule has 0 bridgehead atoms. The SMILES string of the molecule is CC(=O)CC(=O)OC(=O)C1(CN)CC1. The first kappa shape index (κ1) is 10.8. The highest BCUT2D eigenvalue weighted by atomic mass is 16.6. The average Bonchev–Trinajstić information content (AvgIpc) is 2.82. The molecule has 0 aromatic heterocycles. The van der Waals surface area contributed by atoms with Gasteiger partial charge in [0, 0.05) is 6.54 Å². The highest BCUT2D eigenvalue weighted by Gasteiger charge is 2.50. The quantitative estimate of drug-likeness (QED) is 0.499. The van der Waals surface area contributed by atoms with Crippen LogP contribution in [0.25, 0.3) is 0 Å². The molecule has 0 aliphatic heterocycles. The van der Waals surface area contributed by atoms with Crippen molar-refractivity contribution >= 4 is 17.7 Å². The Kier molecular flexibility index (Phi) is 3.00. The molecule has 0 aromatic rings. The van der Waals surface area contributed by atoms with Crippen molar-refractivity contribution in [3.63, 3.8) is 0 Å². The van der Waals surface area contributed by atoms with Crippen molar-refractivity contribution in [2.45, 2.75) is 26.2 Å². The number of hydrogen-bond acceptors (Lipinski definition) is 5. The van der Waals surface area contributed by atoms with E-state index in [1.165, 1.54) is 6.92 Å². The van der Waals surface area contributed by atoms with Gasteiger partial charge in [-0.05, 0) is 19.8 Å². The summed E-state index contributed by atoms with van der Waals surface area (Å²) in [6.07, 6.45) is 0.970. The van der Waals surface area contributed by atoms with Crippen LogP contribution < -0.4 is 5.73 Å². The van der Waals surface area contributed by atoms with E-state index in [-0.39, 0.29) is 18.7 Å². The van der Waals surface area contributed by atoms with E-state index in [2.05, 4.69) is 4.74 Å². The van der Waals surface area contributed by atoms with E-state index in [1.807, 2.05) is 0 Å². The molecule has 0 saturated heterocycles. The summed E-state index contributed by atoms with van der Waals surface area (Å²) in [5.41, 5.74) is 4.72. The monoisotopic (exact) mass is 199 g/mol. The van der Waals surface area contributed by atoms with Gasteiger partial charge >= 0.3 is 11.9 Å². The Bertz CT molecular complexity index is 281. The summed E-state index contributed by atoms with van der Waals surface area (Å²) in [4.78, 5) is 32.8. The lowest BCUT2D eigenvalue weighted by molar-refractivity contribution is -0.163. The van der Waals surface area contributed by atoms with E-state index >= 15 is 0 Å². The fourth-order valence-corrected chi connectivity index (χ4v) is 1.09. The Morgan fingerprint density at radius 2 is 1.93 bits per heavy atom. The van der Waals surface area contributed by atoms with Crippen LogP contribution in [0.5, 0.6) is 0 Å². The number of carbonyl (C=O) groups is 3.